The van der Waals surface area contributed by atoms with Crippen molar-refractivity contribution in [1.82, 2.24) is 19.7 Å². The van der Waals surface area contributed by atoms with Crippen LogP contribution in [0.15, 0.2) is 33.9 Å². The molecule has 0 fully saturated rings. The number of rotatable bonds is 2. The number of aryl methyl sites for hydroxylation is 1. The second-order valence-corrected chi connectivity index (χ2v) is 5.35. The summed E-state index contributed by atoms with van der Waals surface area (Å²) >= 11 is 1.37. The van der Waals surface area contributed by atoms with Gasteiger partial charge in [-0.1, -0.05) is 23.5 Å². The number of nitrogens with zero attached hydrogens (tertiary/aromatic N) is 3. The summed E-state index contributed by atoms with van der Waals surface area (Å²) in [6.07, 6.45) is 0. The molecule has 2 heterocycles. The summed E-state index contributed by atoms with van der Waals surface area (Å²) in [4.78, 5) is 26.9. The Kier molecular flexibility index (Phi) is 2.75. The van der Waals surface area contributed by atoms with Crippen LogP contribution in [0.1, 0.15) is 10.0 Å². The molecule has 0 spiro atoms. The number of benzene rings is 1. The fraction of sp³-hybridized carbons (Fsp3) is 0.167. The van der Waals surface area contributed by atoms with Crippen LogP contribution in [0.3, 0.4) is 0 Å². The summed E-state index contributed by atoms with van der Waals surface area (Å²) < 4.78 is 1.14. The van der Waals surface area contributed by atoms with E-state index >= 15 is 0 Å². The van der Waals surface area contributed by atoms with Crippen molar-refractivity contribution < 1.29 is 0 Å². The van der Waals surface area contributed by atoms with Gasteiger partial charge in [0, 0.05) is 0 Å². The maximum Gasteiger partial charge on any atom is 0.329 e. The van der Waals surface area contributed by atoms with Crippen molar-refractivity contribution in [3.8, 4) is 0 Å². The first-order chi connectivity index (χ1) is 9.15. The first-order valence-electron chi connectivity index (χ1n) is 5.66. The van der Waals surface area contributed by atoms with Gasteiger partial charge < -0.3 is 4.98 Å². The number of para-hydroxylation sites is 1. The summed E-state index contributed by atoms with van der Waals surface area (Å²) in [5, 5.41) is 9.74. The Balaban J connectivity index is 2.18. The molecular weight excluding hydrogens is 264 g/mol. The van der Waals surface area contributed by atoms with Gasteiger partial charge >= 0.3 is 5.69 Å². The lowest BCUT2D eigenvalue weighted by Gasteiger charge is -2.03. The van der Waals surface area contributed by atoms with Crippen LogP contribution in [-0.4, -0.2) is 19.7 Å². The third-order valence-corrected chi connectivity index (χ3v) is 3.57. The molecule has 0 radical (unpaired) electrons. The van der Waals surface area contributed by atoms with Crippen molar-refractivity contribution in [1.29, 1.82) is 0 Å². The zero-order valence-corrected chi connectivity index (χ0v) is 10.9. The van der Waals surface area contributed by atoms with Gasteiger partial charge in [-0.15, -0.1) is 10.2 Å². The Hall–Kier alpha value is -2.28. The quantitative estimate of drug-likeness (QED) is 0.752. The van der Waals surface area contributed by atoms with E-state index in [2.05, 4.69) is 15.2 Å². The first kappa shape index (κ1) is 11.8. The van der Waals surface area contributed by atoms with Crippen molar-refractivity contribution in [3.05, 3.63) is 55.1 Å². The minimum absolute atomic E-state index is 0.143. The Morgan fingerprint density at radius 1 is 1.26 bits per heavy atom. The van der Waals surface area contributed by atoms with E-state index in [4.69, 9.17) is 0 Å². The highest BCUT2D eigenvalue weighted by atomic mass is 32.1. The number of hydrogen-bond donors (Lipinski definition) is 1. The summed E-state index contributed by atoms with van der Waals surface area (Å²) in [6, 6.07) is 6.94. The van der Waals surface area contributed by atoms with Gasteiger partial charge in [0.1, 0.15) is 10.0 Å². The summed E-state index contributed by atoms with van der Waals surface area (Å²) in [6.45, 7) is 1.97. The van der Waals surface area contributed by atoms with E-state index < -0.39 is 5.69 Å². The molecule has 1 aromatic carbocycles. The van der Waals surface area contributed by atoms with Crippen LogP contribution in [0.25, 0.3) is 10.9 Å². The van der Waals surface area contributed by atoms with Crippen LogP contribution in [0.4, 0.5) is 0 Å². The molecule has 3 aromatic rings. The minimum Gasteiger partial charge on any atom is -0.307 e. The van der Waals surface area contributed by atoms with Crippen LogP contribution < -0.4 is 11.2 Å². The summed E-state index contributed by atoms with van der Waals surface area (Å²) in [5.41, 5.74) is -0.203. The van der Waals surface area contributed by atoms with Crippen LogP contribution >= 0.6 is 11.3 Å². The predicted molar refractivity (Wildman–Crippen MR) is 72.6 cm³/mol. The van der Waals surface area contributed by atoms with Gasteiger partial charge in [-0.3, -0.25) is 9.36 Å². The fourth-order valence-corrected chi connectivity index (χ4v) is 2.58. The molecule has 6 nitrogen and oxygen atoms in total. The van der Waals surface area contributed by atoms with Gasteiger partial charge in [-0.25, -0.2) is 4.79 Å². The summed E-state index contributed by atoms with van der Waals surface area (Å²) in [5.74, 6) is 0. The van der Waals surface area contributed by atoms with Gasteiger partial charge in [0.25, 0.3) is 5.56 Å². The molecule has 3 rings (SSSR count). The molecule has 0 saturated heterocycles. The van der Waals surface area contributed by atoms with E-state index in [0.717, 1.165) is 9.57 Å². The zero-order valence-electron chi connectivity index (χ0n) is 10.1. The van der Waals surface area contributed by atoms with Crippen LogP contribution in [0.5, 0.6) is 0 Å². The van der Waals surface area contributed by atoms with Crippen LogP contribution in [-0.2, 0) is 6.54 Å². The smallest absolute Gasteiger partial charge is 0.307 e. The Morgan fingerprint density at radius 2 is 2.05 bits per heavy atom. The molecule has 19 heavy (non-hydrogen) atoms. The van der Waals surface area contributed by atoms with Gasteiger partial charge in [0.05, 0.1) is 17.4 Å². The van der Waals surface area contributed by atoms with E-state index in [0.29, 0.717) is 15.9 Å². The second-order valence-electron chi connectivity index (χ2n) is 4.08. The average molecular weight is 274 g/mol. The van der Waals surface area contributed by atoms with Gasteiger partial charge in [0.2, 0.25) is 0 Å². The van der Waals surface area contributed by atoms with Crippen molar-refractivity contribution in [3.63, 3.8) is 0 Å². The van der Waals surface area contributed by atoms with Crippen molar-refractivity contribution >= 4 is 22.2 Å². The molecule has 7 heteroatoms. The number of aromatic nitrogens is 4. The maximum atomic E-state index is 12.3. The Labute approximate surface area is 111 Å². The van der Waals surface area contributed by atoms with Crippen molar-refractivity contribution in [2.45, 2.75) is 13.5 Å². The van der Waals surface area contributed by atoms with Gasteiger partial charge in [-0.05, 0) is 19.1 Å². The average Bonchev–Trinajstić information content (AvgIpc) is 2.80. The van der Waals surface area contributed by atoms with E-state index in [9.17, 15) is 9.59 Å². The molecule has 0 aliphatic heterocycles. The highest BCUT2D eigenvalue weighted by molar-refractivity contribution is 7.11. The molecule has 2 aromatic heterocycles. The first-order valence-corrected chi connectivity index (χ1v) is 6.47. The number of H-pyrrole nitrogens is 1. The lowest BCUT2D eigenvalue weighted by Crippen LogP contribution is -2.35. The van der Waals surface area contributed by atoms with Gasteiger partial charge in [-0.2, -0.15) is 0 Å². The monoisotopic (exact) mass is 274 g/mol. The minimum atomic E-state index is -0.434. The standard InChI is InChI=1S/C12H10N4O2S/c1-7-14-15-10(19-7)6-16-11(17)8-4-2-3-5-9(8)13-12(16)18/h2-5H,6H2,1H3,(H,13,18). The number of nitrogens with one attached hydrogen (secondary N) is 1. The summed E-state index contributed by atoms with van der Waals surface area (Å²) in [7, 11) is 0. The van der Waals surface area contributed by atoms with Gasteiger partial charge in [0.15, 0.2) is 0 Å². The number of fused-ring (bicyclic) bond motifs is 1. The highest BCUT2D eigenvalue weighted by Crippen LogP contribution is 2.09. The molecule has 0 atom stereocenters. The fourth-order valence-electron chi connectivity index (χ4n) is 1.88. The third kappa shape index (κ3) is 2.08. The maximum absolute atomic E-state index is 12.3. The topological polar surface area (TPSA) is 80.6 Å². The largest absolute Gasteiger partial charge is 0.329 e. The number of aromatic amines is 1. The Morgan fingerprint density at radius 3 is 2.79 bits per heavy atom. The lowest BCUT2D eigenvalue weighted by atomic mass is 10.2. The molecule has 1 N–H and O–H groups in total. The molecule has 0 aliphatic rings. The second kappa shape index (κ2) is 4.43. The number of hydrogen-bond acceptors (Lipinski definition) is 5. The van der Waals surface area contributed by atoms with E-state index in [1.54, 1.807) is 24.3 Å². The molecule has 0 aliphatic carbocycles. The van der Waals surface area contributed by atoms with Crippen LogP contribution in [0.2, 0.25) is 0 Å². The zero-order chi connectivity index (χ0) is 13.4. The molecule has 0 amide bonds. The normalized spacial score (nSPS) is 11.0. The van der Waals surface area contributed by atoms with Crippen LogP contribution in [0, 0.1) is 6.92 Å². The molecule has 0 saturated carbocycles. The molecule has 0 unspecified atom stereocenters. The third-order valence-electron chi connectivity index (χ3n) is 2.75. The molecular formula is C12H10N4O2S. The highest BCUT2D eigenvalue weighted by Gasteiger charge is 2.09. The van der Waals surface area contributed by atoms with E-state index in [1.165, 1.54) is 11.3 Å². The molecule has 96 valence electrons. The SMILES string of the molecule is Cc1nnc(Cn2c(=O)[nH]c3ccccc3c2=O)s1. The van der Waals surface area contributed by atoms with Crippen molar-refractivity contribution in [2.24, 2.45) is 0 Å². The Bertz CT molecular complexity index is 862. The lowest BCUT2D eigenvalue weighted by molar-refractivity contribution is 0.700. The van der Waals surface area contributed by atoms with E-state index in [1.807, 2.05) is 6.92 Å². The predicted octanol–water partition coefficient (Wildman–Crippen LogP) is 0.898. The molecule has 0 bridgehead atoms. The van der Waals surface area contributed by atoms with E-state index in [-0.39, 0.29) is 12.1 Å². The van der Waals surface area contributed by atoms with Crippen molar-refractivity contribution in [2.75, 3.05) is 0 Å².